The molecule has 6 rings (SSSR count). The van der Waals surface area contributed by atoms with Gasteiger partial charge in [-0.15, -0.1) is 0 Å². The molecule has 5 heterocycles. The highest BCUT2D eigenvalue weighted by Gasteiger charge is 2.39. The minimum Gasteiger partial charge on any atom is -0.378 e. The van der Waals surface area contributed by atoms with E-state index in [2.05, 4.69) is 34.9 Å². The minimum atomic E-state index is -4.75. The molecule has 39 heavy (non-hydrogen) atoms. The van der Waals surface area contributed by atoms with Crippen molar-refractivity contribution < 1.29 is 22.7 Å². The van der Waals surface area contributed by atoms with Crippen molar-refractivity contribution in [1.82, 2.24) is 44.5 Å². The number of methoxy groups -OCH3 is 1. The number of amides is 1. The molecule has 0 bridgehead atoms. The lowest BCUT2D eigenvalue weighted by molar-refractivity contribution is -0.145. The number of piperazine rings is 1. The molecule has 1 N–H and O–H groups in total. The van der Waals surface area contributed by atoms with Crippen LogP contribution in [0.4, 0.5) is 13.2 Å². The van der Waals surface area contributed by atoms with Gasteiger partial charge in [0, 0.05) is 62.7 Å². The van der Waals surface area contributed by atoms with E-state index in [-0.39, 0.29) is 24.0 Å². The van der Waals surface area contributed by atoms with E-state index in [1.54, 1.807) is 4.90 Å². The van der Waals surface area contributed by atoms with Crippen LogP contribution in [-0.4, -0.2) is 89.7 Å². The second-order valence-electron chi connectivity index (χ2n) is 9.78. The number of H-pyrrole nitrogens is 1. The summed E-state index contributed by atoms with van der Waals surface area (Å²) in [5, 5.41) is 5.52. The van der Waals surface area contributed by atoms with Gasteiger partial charge < -0.3 is 14.6 Å². The molecule has 1 aliphatic carbocycles. The summed E-state index contributed by atoms with van der Waals surface area (Å²) in [6.07, 6.45) is 4.32. The molecule has 0 atom stereocenters. The molecule has 11 nitrogen and oxygen atoms in total. The van der Waals surface area contributed by atoms with Crippen LogP contribution < -0.4 is 0 Å². The number of alkyl halides is 3. The Bertz CT molecular complexity index is 1490. The van der Waals surface area contributed by atoms with Crippen LogP contribution in [-0.2, 0) is 17.5 Å². The first kappa shape index (κ1) is 25.4. The zero-order valence-corrected chi connectivity index (χ0v) is 21.1. The number of ether oxygens (including phenoxy) is 1. The normalized spacial score (nSPS) is 20.4. The smallest absolute Gasteiger partial charge is 0.378 e. The molecule has 4 aromatic heterocycles. The highest BCUT2D eigenvalue weighted by molar-refractivity contribution is 5.92. The maximum Gasteiger partial charge on any atom is 0.451 e. The van der Waals surface area contributed by atoms with Gasteiger partial charge in [0.25, 0.3) is 5.91 Å². The van der Waals surface area contributed by atoms with Crippen molar-refractivity contribution in [1.29, 1.82) is 0 Å². The highest BCUT2D eigenvalue weighted by atomic mass is 19.4. The van der Waals surface area contributed by atoms with Gasteiger partial charge in [-0.2, -0.15) is 18.3 Å². The maximum atomic E-state index is 13.3. The Labute approximate surface area is 221 Å². The Morgan fingerprint density at radius 3 is 2.67 bits per heavy atom. The molecule has 0 aromatic carbocycles. The summed E-state index contributed by atoms with van der Waals surface area (Å²) in [5.41, 5.74) is 2.30. The average Bonchev–Trinajstić information content (AvgIpc) is 3.57. The number of hydrogen-bond donors (Lipinski definition) is 1. The largest absolute Gasteiger partial charge is 0.451 e. The number of carbonyl (C=O) groups excluding carboxylic acids is 1. The van der Waals surface area contributed by atoms with E-state index in [4.69, 9.17) is 4.74 Å². The quantitative estimate of drug-likeness (QED) is 0.396. The third-order valence-electron chi connectivity index (χ3n) is 7.35. The molecule has 0 spiro atoms. The van der Waals surface area contributed by atoms with E-state index >= 15 is 0 Å². The van der Waals surface area contributed by atoms with Crippen molar-refractivity contribution in [2.45, 2.75) is 37.7 Å². The van der Waals surface area contributed by atoms with Crippen LogP contribution in [0.1, 0.15) is 40.9 Å². The Kier molecular flexibility index (Phi) is 6.51. The third kappa shape index (κ3) is 4.96. The number of rotatable bonds is 6. The lowest BCUT2D eigenvalue weighted by atomic mass is 9.85. The lowest BCUT2D eigenvalue weighted by Gasteiger charge is -2.46. The number of nitrogens with one attached hydrogen (secondary N) is 1. The predicted octanol–water partition coefficient (Wildman–Crippen LogP) is 2.94. The summed E-state index contributed by atoms with van der Waals surface area (Å²) in [5.74, 6) is -1.87. The predicted molar refractivity (Wildman–Crippen MR) is 132 cm³/mol. The molecule has 0 unspecified atom stereocenters. The summed E-state index contributed by atoms with van der Waals surface area (Å²) in [4.78, 5) is 35.6. The SMILES string of the molecule is COCc1cc(C(=O)N2CCN(C3CC(n4cc(-c5ncnc6[nH]ccc56)cn4)C3)CC2)nc(C(F)(F)F)n1. The van der Waals surface area contributed by atoms with Crippen LogP contribution in [0, 0.1) is 0 Å². The number of fused-ring (bicyclic) bond motifs is 1. The molecule has 1 amide bonds. The molecule has 204 valence electrons. The van der Waals surface area contributed by atoms with E-state index in [0.29, 0.717) is 32.2 Å². The van der Waals surface area contributed by atoms with Crippen LogP contribution in [0.25, 0.3) is 22.3 Å². The molecule has 2 aliphatic rings. The van der Waals surface area contributed by atoms with Gasteiger partial charge in [0.15, 0.2) is 0 Å². The highest BCUT2D eigenvalue weighted by Crippen LogP contribution is 2.37. The van der Waals surface area contributed by atoms with E-state index in [9.17, 15) is 18.0 Å². The van der Waals surface area contributed by atoms with E-state index < -0.39 is 17.9 Å². The summed E-state index contributed by atoms with van der Waals surface area (Å²) < 4.78 is 46.7. The molecule has 14 heteroatoms. The summed E-state index contributed by atoms with van der Waals surface area (Å²) in [6.45, 7) is 1.97. The van der Waals surface area contributed by atoms with Gasteiger partial charge in [0.05, 0.1) is 30.2 Å². The Hall–Kier alpha value is -3.91. The average molecular weight is 542 g/mol. The van der Waals surface area contributed by atoms with Crippen LogP contribution in [0.15, 0.2) is 37.1 Å². The van der Waals surface area contributed by atoms with Gasteiger partial charge in [-0.25, -0.2) is 19.9 Å². The van der Waals surface area contributed by atoms with Crippen LogP contribution >= 0.6 is 0 Å². The fraction of sp³-hybridized carbons (Fsp3) is 0.440. The maximum absolute atomic E-state index is 13.3. The first-order valence-electron chi connectivity index (χ1n) is 12.6. The van der Waals surface area contributed by atoms with Crippen molar-refractivity contribution in [3.8, 4) is 11.3 Å². The number of aromatic amines is 1. The fourth-order valence-electron chi connectivity index (χ4n) is 5.24. The van der Waals surface area contributed by atoms with Gasteiger partial charge in [-0.3, -0.25) is 14.4 Å². The van der Waals surface area contributed by atoms with Gasteiger partial charge >= 0.3 is 6.18 Å². The molecule has 4 aromatic rings. The van der Waals surface area contributed by atoms with Crippen molar-refractivity contribution in [2.75, 3.05) is 33.3 Å². The second kappa shape index (κ2) is 10.0. The fourth-order valence-corrected chi connectivity index (χ4v) is 5.24. The molecule has 0 radical (unpaired) electrons. The number of halogens is 3. The van der Waals surface area contributed by atoms with Gasteiger partial charge in [-0.1, -0.05) is 0 Å². The van der Waals surface area contributed by atoms with Gasteiger partial charge in [0.1, 0.15) is 17.7 Å². The Morgan fingerprint density at radius 1 is 1.13 bits per heavy atom. The molecule has 1 saturated carbocycles. The zero-order chi connectivity index (χ0) is 27.1. The Morgan fingerprint density at radius 2 is 1.92 bits per heavy atom. The van der Waals surface area contributed by atoms with Gasteiger partial charge in [-0.05, 0) is 25.0 Å². The van der Waals surface area contributed by atoms with Gasteiger partial charge in [0.2, 0.25) is 5.82 Å². The molecular formula is C25H26F3N9O2. The Balaban J connectivity index is 1.05. The van der Waals surface area contributed by atoms with Crippen molar-refractivity contribution in [3.05, 3.63) is 54.3 Å². The van der Waals surface area contributed by atoms with Crippen molar-refractivity contribution in [3.63, 3.8) is 0 Å². The number of carbonyl (C=O) groups is 1. The lowest BCUT2D eigenvalue weighted by Crippen LogP contribution is -2.55. The van der Waals surface area contributed by atoms with Crippen LogP contribution in [0.5, 0.6) is 0 Å². The minimum absolute atomic E-state index is 0.0151. The first-order valence-corrected chi connectivity index (χ1v) is 12.6. The summed E-state index contributed by atoms with van der Waals surface area (Å²) >= 11 is 0. The molecular weight excluding hydrogens is 515 g/mol. The molecule has 2 fully saturated rings. The van der Waals surface area contributed by atoms with E-state index in [0.717, 1.165) is 35.1 Å². The first-order chi connectivity index (χ1) is 18.8. The molecule has 1 aliphatic heterocycles. The topological polar surface area (TPSA) is 118 Å². The second-order valence-corrected chi connectivity index (χ2v) is 9.78. The number of hydrogen-bond acceptors (Lipinski definition) is 8. The monoisotopic (exact) mass is 541 g/mol. The summed E-state index contributed by atoms with van der Waals surface area (Å²) in [7, 11) is 1.35. The number of aromatic nitrogens is 7. The van der Waals surface area contributed by atoms with E-state index in [1.165, 1.54) is 19.5 Å². The van der Waals surface area contributed by atoms with Crippen molar-refractivity contribution >= 4 is 16.9 Å². The summed E-state index contributed by atoms with van der Waals surface area (Å²) in [6, 6.07) is 3.85. The zero-order valence-electron chi connectivity index (χ0n) is 21.1. The molecule has 1 saturated heterocycles. The van der Waals surface area contributed by atoms with Crippen LogP contribution in [0.2, 0.25) is 0 Å². The number of nitrogens with zero attached hydrogens (tertiary/aromatic N) is 8. The third-order valence-corrected chi connectivity index (χ3v) is 7.35. The van der Waals surface area contributed by atoms with Crippen LogP contribution in [0.3, 0.4) is 0 Å². The standard InChI is InChI=1S/C25H26F3N9O2/c1-39-13-16-8-20(34-24(33-16)25(26,27)28)23(38)36-6-4-35(5-7-36)17-9-18(10-17)37-12-15(11-32-37)21-19-2-3-29-22(19)31-14-30-21/h2-3,8,11-12,14,17-18H,4-7,9-10,13H2,1H3,(H,29,30,31). The van der Waals surface area contributed by atoms with E-state index in [1.807, 2.05) is 29.3 Å². The van der Waals surface area contributed by atoms with Crippen molar-refractivity contribution in [2.24, 2.45) is 0 Å².